The third kappa shape index (κ3) is 2.45. The highest BCUT2D eigenvalue weighted by atomic mass is 16.5. The average molecular weight is 298 g/mol. The Kier molecular flexibility index (Phi) is 3.87. The van der Waals surface area contributed by atoms with Gasteiger partial charge in [-0.2, -0.15) is 0 Å². The highest BCUT2D eigenvalue weighted by Crippen LogP contribution is 2.38. The Labute approximate surface area is 129 Å². The molecule has 0 aliphatic carbocycles. The molecule has 0 amide bonds. The number of rotatable bonds is 5. The molecule has 0 atom stereocenters. The number of nitrogens with zero attached hydrogens (tertiary/aromatic N) is 2. The zero-order valence-electron chi connectivity index (χ0n) is 12.9. The first-order valence-electron chi connectivity index (χ1n) is 6.95. The summed E-state index contributed by atoms with van der Waals surface area (Å²) in [6.07, 6.45) is 1.84. The summed E-state index contributed by atoms with van der Waals surface area (Å²) in [5, 5.41) is 0. The lowest BCUT2D eigenvalue weighted by Crippen LogP contribution is -2.01. The van der Waals surface area contributed by atoms with Crippen molar-refractivity contribution in [1.82, 2.24) is 9.55 Å². The predicted molar refractivity (Wildman–Crippen MR) is 84.9 cm³/mol. The zero-order chi connectivity index (χ0) is 15.5. The Morgan fingerprint density at radius 1 is 0.955 bits per heavy atom. The van der Waals surface area contributed by atoms with Gasteiger partial charge in [0, 0.05) is 6.54 Å². The molecule has 3 rings (SSSR count). The van der Waals surface area contributed by atoms with Crippen LogP contribution in [-0.4, -0.2) is 30.9 Å². The molecular formula is C17H18N2O3. The first-order chi connectivity index (χ1) is 10.8. The lowest BCUT2D eigenvalue weighted by Gasteiger charge is -2.14. The maximum absolute atomic E-state index is 5.40. The van der Waals surface area contributed by atoms with Crippen LogP contribution in [0.15, 0.2) is 42.7 Å². The summed E-state index contributed by atoms with van der Waals surface area (Å²) in [5.74, 6) is 1.91. The van der Waals surface area contributed by atoms with Crippen molar-refractivity contribution in [2.75, 3.05) is 21.3 Å². The van der Waals surface area contributed by atoms with E-state index in [-0.39, 0.29) is 0 Å². The van der Waals surface area contributed by atoms with Crippen molar-refractivity contribution in [3.05, 3.63) is 48.3 Å². The van der Waals surface area contributed by atoms with Crippen LogP contribution in [0.5, 0.6) is 17.2 Å². The van der Waals surface area contributed by atoms with Gasteiger partial charge in [-0.15, -0.1) is 0 Å². The fourth-order valence-corrected chi connectivity index (χ4v) is 2.56. The van der Waals surface area contributed by atoms with Gasteiger partial charge in [-0.25, -0.2) is 4.98 Å². The number of hydrogen-bond donors (Lipinski definition) is 0. The monoisotopic (exact) mass is 298 g/mol. The molecule has 0 aliphatic rings. The predicted octanol–water partition coefficient (Wildman–Crippen LogP) is 3.11. The molecule has 0 N–H and O–H groups in total. The van der Waals surface area contributed by atoms with Crippen LogP contribution in [-0.2, 0) is 6.54 Å². The summed E-state index contributed by atoms with van der Waals surface area (Å²) < 4.78 is 18.2. The average Bonchev–Trinajstić information content (AvgIpc) is 2.97. The molecule has 22 heavy (non-hydrogen) atoms. The first-order valence-corrected chi connectivity index (χ1v) is 6.95. The Hall–Kier alpha value is -2.69. The molecule has 114 valence electrons. The van der Waals surface area contributed by atoms with E-state index in [1.807, 2.05) is 36.7 Å². The van der Waals surface area contributed by atoms with Gasteiger partial charge in [0.05, 0.1) is 38.7 Å². The minimum Gasteiger partial charge on any atom is -0.493 e. The van der Waals surface area contributed by atoms with Gasteiger partial charge in [0.25, 0.3) is 0 Å². The van der Waals surface area contributed by atoms with Crippen molar-refractivity contribution >= 4 is 11.0 Å². The fourth-order valence-electron chi connectivity index (χ4n) is 2.56. The Bertz CT molecular complexity index is 770. The molecule has 5 heteroatoms. The van der Waals surface area contributed by atoms with Crippen LogP contribution < -0.4 is 14.2 Å². The van der Waals surface area contributed by atoms with Gasteiger partial charge in [-0.3, -0.25) is 0 Å². The number of hydrogen-bond acceptors (Lipinski definition) is 4. The molecule has 1 heterocycles. The standard InChI is InChI=1S/C17H18N2O3/c1-20-15-8-12(9-16(21-2)17(15)22-3)10-19-11-18-13-6-4-5-7-14(13)19/h4-9,11H,10H2,1-3H3. The number of aromatic nitrogens is 2. The van der Waals surface area contributed by atoms with E-state index in [0.717, 1.165) is 16.6 Å². The van der Waals surface area contributed by atoms with Gasteiger partial charge in [0.15, 0.2) is 11.5 Å². The minimum absolute atomic E-state index is 0.601. The van der Waals surface area contributed by atoms with Crippen molar-refractivity contribution in [3.8, 4) is 17.2 Å². The molecule has 0 spiro atoms. The second-order valence-electron chi connectivity index (χ2n) is 4.89. The van der Waals surface area contributed by atoms with Gasteiger partial charge in [-0.1, -0.05) is 12.1 Å². The van der Waals surface area contributed by atoms with E-state index in [1.54, 1.807) is 21.3 Å². The number of imidazole rings is 1. The van der Waals surface area contributed by atoms with E-state index < -0.39 is 0 Å². The number of methoxy groups -OCH3 is 3. The SMILES string of the molecule is COc1cc(Cn2cnc3ccccc32)cc(OC)c1OC. The van der Waals surface area contributed by atoms with Crippen LogP contribution >= 0.6 is 0 Å². The maximum Gasteiger partial charge on any atom is 0.203 e. The third-order valence-electron chi connectivity index (χ3n) is 3.60. The van der Waals surface area contributed by atoms with E-state index in [0.29, 0.717) is 23.8 Å². The number of ether oxygens (including phenoxy) is 3. The fraction of sp³-hybridized carbons (Fsp3) is 0.235. The van der Waals surface area contributed by atoms with E-state index in [9.17, 15) is 0 Å². The molecule has 2 aromatic carbocycles. The molecule has 0 saturated carbocycles. The number of para-hydroxylation sites is 2. The molecule has 0 saturated heterocycles. The second kappa shape index (κ2) is 5.97. The molecule has 0 radical (unpaired) electrons. The van der Waals surface area contributed by atoms with Crippen molar-refractivity contribution < 1.29 is 14.2 Å². The lowest BCUT2D eigenvalue weighted by atomic mass is 10.1. The van der Waals surface area contributed by atoms with E-state index in [4.69, 9.17) is 14.2 Å². The normalized spacial score (nSPS) is 10.7. The van der Waals surface area contributed by atoms with Crippen LogP contribution in [0.3, 0.4) is 0 Å². The van der Waals surface area contributed by atoms with Crippen LogP contribution in [0.25, 0.3) is 11.0 Å². The number of benzene rings is 2. The van der Waals surface area contributed by atoms with Crippen LogP contribution in [0.2, 0.25) is 0 Å². The van der Waals surface area contributed by atoms with Crippen LogP contribution in [0.4, 0.5) is 0 Å². The van der Waals surface area contributed by atoms with Gasteiger partial charge in [-0.05, 0) is 29.8 Å². The Balaban J connectivity index is 2.01. The summed E-state index contributed by atoms with van der Waals surface area (Å²) in [5.41, 5.74) is 3.13. The van der Waals surface area contributed by atoms with Crippen LogP contribution in [0, 0.1) is 0 Å². The van der Waals surface area contributed by atoms with Gasteiger partial charge in [0.1, 0.15) is 0 Å². The number of fused-ring (bicyclic) bond motifs is 1. The van der Waals surface area contributed by atoms with E-state index in [2.05, 4.69) is 15.6 Å². The Morgan fingerprint density at radius 2 is 1.64 bits per heavy atom. The Morgan fingerprint density at radius 3 is 2.27 bits per heavy atom. The topological polar surface area (TPSA) is 45.5 Å². The van der Waals surface area contributed by atoms with Crippen molar-refractivity contribution in [1.29, 1.82) is 0 Å². The van der Waals surface area contributed by atoms with E-state index >= 15 is 0 Å². The van der Waals surface area contributed by atoms with Crippen LogP contribution in [0.1, 0.15) is 5.56 Å². The molecule has 0 bridgehead atoms. The summed E-state index contributed by atoms with van der Waals surface area (Å²) in [4.78, 5) is 4.41. The third-order valence-corrected chi connectivity index (χ3v) is 3.60. The minimum atomic E-state index is 0.601. The zero-order valence-corrected chi connectivity index (χ0v) is 12.9. The van der Waals surface area contributed by atoms with Gasteiger partial charge < -0.3 is 18.8 Å². The van der Waals surface area contributed by atoms with Gasteiger partial charge in [0.2, 0.25) is 5.75 Å². The molecule has 0 unspecified atom stereocenters. The first kappa shape index (κ1) is 14.3. The molecular weight excluding hydrogens is 280 g/mol. The van der Waals surface area contributed by atoms with Crippen molar-refractivity contribution in [2.24, 2.45) is 0 Å². The summed E-state index contributed by atoms with van der Waals surface area (Å²) in [6.45, 7) is 0.678. The summed E-state index contributed by atoms with van der Waals surface area (Å²) in [6, 6.07) is 12.0. The van der Waals surface area contributed by atoms with E-state index in [1.165, 1.54) is 0 Å². The summed E-state index contributed by atoms with van der Waals surface area (Å²) >= 11 is 0. The largest absolute Gasteiger partial charge is 0.493 e. The smallest absolute Gasteiger partial charge is 0.203 e. The van der Waals surface area contributed by atoms with Crippen molar-refractivity contribution in [3.63, 3.8) is 0 Å². The summed E-state index contributed by atoms with van der Waals surface area (Å²) in [7, 11) is 4.84. The molecule has 5 nitrogen and oxygen atoms in total. The van der Waals surface area contributed by atoms with Gasteiger partial charge >= 0.3 is 0 Å². The quantitative estimate of drug-likeness (QED) is 0.726. The maximum atomic E-state index is 5.40. The molecule has 0 fully saturated rings. The van der Waals surface area contributed by atoms with Crippen molar-refractivity contribution in [2.45, 2.75) is 6.54 Å². The lowest BCUT2D eigenvalue weighted by molar-refractivity contribution is 0.323. The highest BCUT2D eigenvalue weighted by Gasteiger charge is 2.13. The molecule has 3 aromatic rings. The second-order valence-corrected chi connectivity index (χ2v) is 4.89. The molecule has 1 aromatic heterocycles. The highest BCUT2D eigenvalue weighted by molar-refractivity contribution is 5.75. The molecule has 0 aliphatic heterocycles.